The minimum atomic E-state index is 0.609. The van der Waals surface area contributed by atoms with Gasteiger partial charge in [0.2, 0.25) is 0 Å². The zero-order valence-corrected chi connectivity index (χ0v) is 9.51. The molecule has 0 amide bonds. The largest absolute Gasteiger partial charge is 0.357 e. The van der Waals surface area contributed by atoms with Crippen molar-refractivity contribution in [2.45, 2.75) is 31.7 Å². The highest BCUT2D eigenvalue weighted by Gasteiger charge is 2.28. The second kappa shape index (κ2) is 4.42. The Morgan fingerprint density at radius 3 is 2.88 bits per heavy atom. The molecule has 3 aliphatic heterocycles. The predicted molar refractivity (Wildman–Crippen MR) is 62.9 cm³/mol. The zero-order valence-electron chi connectivity index (χ0n) is 9.51. The molecule has 0 aliphatic carbocycles. The first kappa shape index (κ1) is 10.1. The molecule has 3 fully saturated rings. The molecular formula is C13H18N2O. The molecule has 4 rings (SSSR count). The van der Waals surface area contributed by atoms with Crippen LogP contribution in [-0.2, 0) is 0 Å². The second-order valence-corrected chi connectivity index (χ2v) is 4.90. The predicted octanol–water partition coefficient (Wildman–Crippen LogP) is 2.56. The first-order valence-electron chi connectivity index (χ1n) is 6.25. The first-order valence-corrected chi connectivity index (χ1v) is 6.25. The molecule has 1 atom stereocenters. The molecule has 3 nitrogen and oxygen atoms in total. The maximum Gasteiger partial charge on any atom is 0.159 e. The summed E-state index contributed by atoms with van der Waals surface area (Å²) in [6.45, 7) is 2.55. The van der Waals surface area contributed by atoms with Gasteiger partial charge in [0, 0.05) is 12.1 Å². The molecule has 16 heavy (non-hydrogen) atoms. The third-order valence-electron chi connectivity index (χ3n) is 3.93. The Morgan fingerprint density at radius 1 is 1.25 bits per heavy atom. The highest BCUT2D eigenvalue weighted by Crippen LogP contribution is 2.30. The molecule has 0 radical (unpaired) electrons. The lowest BCUT2D eigenvalue weighted by Crippen LogP contribution is -2.36. The monoisotopic (exact) mass is 218 g/mol. The van der Waals surface area contributed by atoms with Gasteiger partial charge in [0.05, 0.1) is 6.20 Å². The lowest BCUT2D eigenvalue weighted by Gasteiger charge is -2.30. The Kier molecular flexibility index (Phi) is 2.79. The van der Waals surface area contributed by atoms with Crippen LogP contribution in [0.4, 0.5) is 0 Å². The number of hydrogen-bond acceptors (Lipinski definition) is 3. The quantitative estimate of drug-likeness (QED) is 0.764. The van der Waals surface area contributed by atoms with Crippen molar-refractivity contribution in [2.24, 2.45) is 5.92 Å². The highest BCUT2D eigenvalue weighted by atomic mass is 16.5. The van der Waals surface area contributed by atoms with Gasteiger partial charge in [-0.15, -0.1) is 0 Å². The normalized spacial score (nSPS) is 34.4. The first-order chi connectivity index (χ1) is 7.92. The summed E-state index contributed by atoms with van der Waals surface area (Å²) in [4.78, 5) is 2.61. The van der Waals surface area contributed by atoms with Crippen LogP contribution in [0.3, 0.4) is 0 Å². The fourth-order valence-electron chi connectivity index (χ4n) is 2.90. The van der Waals surface area contributed by atoms with Crippen LogP contribution in [0.15, 0.2) is 22.9 Å². The van der Waals surface area contributed by atoms with Crippen LogP contribution < -0.4 is 0 Å². The van der Waals surface area contributed by atoms with Crippen molar-refractivity contribution < 1.29 is 4.52 Å². The highest BCUT2D eigenvalue weighted by molar-refractivity contribution is 5.42. The molecule has 1 aromatic heterocycles. The smallest absolute Gasteiger partial charge is 0.159 e. The average Bonchev–Trinajstić information content (AvgIpc) is 2.69. The molecule has 3 heteroatoms. The summed E-state index contributed by atoms with van der Waals surface area (Å²) in [5, 5.41) is 3.71. The van der Waals surface area contributed by atoms with Gasteiger partial charge < -0.3 is 4.52 Å². The molecule has 3 aliphatic rings. The van der Waals surface area contributed by atoms with E-state index < -0.39 is 0 Å². The van der Waals surface area contributed by atoms with Crippen molar-refractivity contribution in [1.82, 2.24) is 10.1 Å². The van der Waals surface area contributed by atoms with E-state index in [-0.39, 0.29) is 0 Å². The number of hydrogen-bond donors (Lipinski definition) is 0. The summed E-state index contributed by atoms with van der Waals surface area (Å²) in [7, 11) is 0. The summed E-state index contributed by atoms with van der Waals surface area (Å²) >= 11 is 0. The molecule has 0 aromatic carbocycles. The minimum Gasteiger partial charge on any atom is -0.357 e. The Bertz CT molecular complexity index is 350. The fraction of sp³-hybridized carbons (Fsp3) is 0.615. The van der Waals surface area contributed by atoms with Crippen LogP contribution in [0.1, 0.15) is 31.4 Å². The third kappa shape index (κ3) is 2.05. The van der Waals surface area contributed by atoms with Crippen molar-refractivity contribution >= 4 is 6.08 Å². The van der Waals surface area contributed by atoms with E-state index in [1.807, 2.05) is 6.07 Å². The molecule has 1 unspecified atom stereocenters. The molecule has 4 heterocycles. The Labute approximate surface area is 96.1 Å². The summed E-state index contributed by atoms with van der Waals surface area (Å²) in [6, 6.07) is 2.51. The molecule has 2 bridgehead atoms. The van der Waals surface area contributed by atoms with E-state index in [2.05, 4.69) is 22.2 Å². The molecule has 0 spiro atoms. The molecule has 1 aromatic rings. The van der Waals surface area contributed by atoms with Gasteiger partial charge in [-0.3, -0.25) is 4.90 Å². The van der Waals surface area contributed by atoms with E-state index in [1.165, 1.54) is 38.8 Å². The lowest BCUT2D eigenvalue weighted by molar-refractivity contribution is 0.194. The van der Waals surface area contributed by atoms with Gasteiger partial charge >= 0.3 is 0 Å². The van der Waals surface area contributed by atoms with Gasteiger partial charge in [0.25, 0.3) is 0 Å². The molecule has 0 N–H and O–H groups in total. The maximum atomic E-state index is 5.08. The van der Waals surface area contributed by atoms with E-state index in [4.69, 9.17) is 4.52 Å². The average molecular weight is 218 g/mol. The number of piperidine rings is 1. The van der Waals surface area contributed by atoms with E-state index in [0.29, 0.717) is 6.04 Å². The van der Waals surface area contributed by atoms with Crippen LogP contribution in [-0.4, -0.2) is 29.2 Å². The number of rotatable bonds is 2. The summed E-state index contributed by atoms with van der Waals surface area (Å²) < 4.78 is 5.08. The summed E-state index contributed by atoms with van der Waals surface area (Å²) in [6.07, 6.45) is 11.5. The van der Waals surface area contributed by atoms with E-state index in [1.54, 1.807) is 6.20 Å². The summed E-state index contributed by atoms with van der Waals surface area (Å²) in [5.41, 5.74) is 0. The van der Waals surface area contributed by atoms with Gasteiger partial charge in [0.15, 0.2) is 5.76 Å². The Morgan fingerprint density at radius 2 is 2.12 bits per heavy atom. The Balaban J connectivity index is 1.70. The van der Waals surface area contributed by atoms with E-state index in [0.717, 1.165) is 11.7 Å². The summed E-state index contributed by atoms with van der Waals surface area (Å²) in [5.74, 6) is 1.85. The van der Waals surface area contributed by atoms with Crippen molar-refractivity contribution in [1.29, 1.82) is 0 Å². The minimum absolute atomic E-state index is 0.609. The topological polar surface area (TPSA) is 29.3 Å². The van der Waals surface area contributed by atoms with E-state index >= 15 is 0 Å². The number of fused-ring (bicyclic) bond motifs is 4. The van der Waals surface area contributed by atoms with Gasteiger partial charge in [-0.2, -0.15) is 0 Å². The van der Waals surface area contributed by atoms with Crippen molar-refractivity contribution in [3.8, 4) is 0 Å². The lowest BCUT2D eigenvalue weighted by atomic mass is 9.95. The maximum absolute atomic E-state index is 5.08. The van der Waals surface area contributed by atoms with Crippen LogP contribution in [0.25, 0.3) is 6.08 Å². The van der Waals surface area contributed by atoms with Gasteiger partial charge in [-0.1, -0.05) is 11.2 Å². The van der Waals surface area contributed by atoms with Crippen LogP contribution in [0, 0.1) is 5.92 Å². The second-order valence-electron chi connectivity index (χ2n) is 4.90. The third-order valence-corrected chi connectivity index (χ3v) is 3.93. The van der Waals surface area contributed by atoms with Gasteiger partial charge in [-0.05, 0) is 50.8 Å². The molecule has 3 saturated heterocycles. The number of aromatic nitrogens is 1. The van der Waals surface area contributed by atoms with Crippen molar-refractivity contribution in [2.75, 3.05) is 13.1 Å². The number of nitrogens with zero attached hydrogens (tertiary/aromatic N) is 2. The van der Waals surface area contributed by atoms with Gasteiger partial charge in [-0.25, -0.2) is 0 Å². The van der Waals surface area contributed by atoms with Crippen LogP contribution >= 0.6 is 0 Å². The molecule has 0 saturated carbocycles. The van der Waals surface area contributed by atoms with Crippen LogP contribution in [0.2, 0.25) is 0 Å². The van der Waals surface area contributed by atoms with Gasteiger partial charge in [0.1, 0.15) is 0 Å². The van der Waals surface area contributed by atoms with E-state index in [9.17, 15) is 0 Å². The van der Waals surface area contributed by atoms with Crippen molar-refractivity contribution in [3.63, 3.8) is 0 Å². The molecular weight excluding hydrogens is 200 g/mol. The molecule has 86 valence electrons. The van der Waals surface area contributed by atoms with Crippen LogP contribution in [0.5, 0.6) is 0 Å². The fourth-order valence-corrected chi connectivity index (χ4v) is 2.90. The Hall–Kier alpha value is -1.09. The standard InChI is InChI=1S/C13H18N2O/c1-2-12(3-4-13-5-8-14-16-13)15-9-6-11(1)7-10-15/h3-5,8,11-12H,1-2,6-7,9-10H2/b4-3-. The zero-order chi connectivity index (χ0) is 10.8. The van der Waals surface area contributed by atoms with Crippen molar-refractivity contribution in [3.05, 3.63) is 24.1 Å². The SMILES string of the molecule is C(=C/C1CCC2CCN1CC2)/c1ccno1.